The summed E-state index contributed by atoms with van der Waals surface area (Å²) in [6, 6.07) is 12.6. The van der Waals surface area contributed by atoms with E-state index in [1.54, 1.807) is 24.3 Å². The first kappa shape index (κ1) is 39.9. The van der Waals surface area contributed by atoms with Crippen molar-refractivity contribution in [2.24, 2.45) is 0 Å². The molecule has 0 heterocycles. The molecule has 0 saturated heterocycles. The van der Waals surface area contributed by atoms with Gasteiger partial charge in [0.25, 0.3) is 0 Å². The molecule has 0 unspecified atom stereocenters. The van der Waals surface area contributed by atoms with Crippen molar-refractivity contribution in [2.45, 2.75) is 119 Å². The minimum absolute atomic E-state index is 0.0160. The summed E-state index contributed by atoms with van der Waals surface area (Å²) in [4.78, 5) is 27.0. The van der Waals surface area contributed by atoms with Gasteiger partial charge in [0.15, 0.2) is 0 Å². The van der Waals surface area contributed by atoms with Gasteiger partial charge in [0.05, 0.1) is 5.56 Å². The number of rotatable bonds is 17. The predicted octanol–water partition coefficient (Wildman–Crippen LogP) is 11.3. The number of unbranched alkanes of at least 4 members (excludes halogenated alkanes) is 4. The van der Waals surface area contributed by atoms with Gasteiger partial charge in [-0.25, -0.2) is 9.59 Å². The first-order valence-corrected chi connectivity index (χ1v) is 18.0. The quantitative estimate of drug-likeness (QED) is 0.0484. The summed E-state index contributed by atoms with van der Waals surface area (Å²) < 4.78 is 11.5. The number of allylic oxidation sites excluding steroid dienone is 5. The summed E-state index contributed by atoms with van der Waals surface area (Å²) >= 11 is 0. The molecule has 2 N–H and O–H groups in total. The second kappa shape index (κ2) is 19.6. The third-order valence-electron chi connectivity index (χ3n) is 8.75. The third kappa shape index (κ3) is 11.8. The van der Waals surface area contributed by atoms with Gasteiger partial charge in [-0.05, 0) is 126 Å². The van der Waals surface area contributed by atoms with Gasteiger partial charge in [0, 0.05) is 5.56 Å². The van der Waals surface area contributed by atoms with Crippen molar-refractivity contribution in [3.05, 3.63) is 100 Å². The molecule has 3 rings (SSSR count). The molecule has 0 aliphatic carbocycles. The van der Waals surface area contributed by atoms with Crippen molar-refractivity contribution in [2.75, 3.05) is 0 Å². The lowest BCUT2D eigenvalue weighted by Gasteiger charge is -2.18. The number of aromatic hydroxyl groups is 2. The maximum Gasteiger partial charge on any atom is 0.423 e. The summed E-state index contributed by atoms with van der Waals surface area (Å²) in [6.07, 6.45) is 13.6. The highest BCUT2D eigenvalue weighted by Gasteiger charge is 2.26. The van der Waals surface area contributed by atoms with Crippen LogP contribution in [-0.4, -0.2) is 22.2 Å². The average Bonchev–Trinajstić information content (AvgIpc) is 3.04. The van der Waals surface area contributed by atoms with E-state index < -0.39 is 11.9 Å². The van der Waals surface area contributed by atoms with Gasteiger partial charge >= 0.3 is 11.9 Å². The summed E-state index contributed by atoms with van der Waals surface area (Å²) in [5.74, 6) is -2.28. The van der Waals surface area contributed by atoms with Crippen LogP contribution in [0.1, 0.15) is 121 Å². The Balaban J connectivity index is 2.00. The Labute approximate surface area is 299 Å². The zero-order valence-electron chi connectivity index (χ0n) is 31.2. The zero-order chi connectivity index (χ0) is 36.8. The van der Waals surface area contributed by atoms with Crippen molar-refractivity contribution in [1.29, 1.82) is 0 Å². The van der Waals surface area contributed by atoms with Crippen LogP contribution in [0.3, 0.4) is 0 Å². The summed E-state index contributed by atoms with van der Waals surface area (Å²) in [6.45, 7) is 18.3. The van der Waals surface area contributed by atoms with Crippen LogP contribution in [0.2, 0.25) is 0 Å². The molecular weight excluding hydrogens is 624 g/mol. The van der Waals surface area contributed by atoms with E-state index in [0.29, 0.717) is 36.0 Å². The molecule has 50 heavy (non-hydrogen) atoms. The normalized spacial score (nSPS) is 11.3. The Morgan fingerprint density at radius 1 is 0.760 bits per heavy atom. The molecule has 0 aliphatic heterocycles. The summed E-state index contributed by atoms with van der Waals surface area (Å²) in [5.41, 5.74) is 7.89. The molecule has 6 heteroatoms. The standard InChI is InChI=1S/C44H56O6/c1-9-11-13-18-33-25-38(45)36(23-20-31(7)17-15-16-29(3)4)40(27-33)49-43(47)44(48)50-41-28-34(19-14-12-10-2)26-39(46)42(41)37-24-32(8)21-22-35(37)30(5)6/h16,20-22,24-28,45-46H,5,9-15,17-19,23H2,1-4,6-8H3/b31-20+. The smallest absolute Gasteiger partial charge is 0.423 e. The van der Waals surface area contributed by atoms with Gasteiger partial charge in [-0.2, -0.15) is 0 Å². The van der Waals surface area contributed by atoms with Crippen LogP contribution in [0, 0.1) is 6.92 Å². The van der Waals surface area contributed by atoms with Crippen molar-refractivity contribution >= 4 is 17.5 Å². The third-order valence-corrected chi connectivity index (χ3v) is 8.75. The van der Waals surface area contributed by atoms with Gasteiger partial charge in [-0.15, -0.1) is 0 Å². The second-order valence-corrected chi connectivity index (χ2v) is 13.7. The van der Waals surface area contributed by atoms with Crippen molar-refractivity contribution < 1.29 is 29.3 Å². The van der Waals surface area contributed by atoms with E-state index in [1.165, 1.54) is 5.57 Å². The Kier molecular flexibility index (Phi) is 15.6. The molecule has 0 amide bonds. The van der Waals surface area contributed by atoms with E-state index in [2.05, 4.69) is 40.3 Å². The van der Waals surface area contributed by atoms with Gasteiger partial charge in [-0.1, -0.05) is 98.7 Å². The van der Waals surface area contributed by atoms with Crippen LogP contribution in [0.4, 0.5) is 0 Å². The van der Waals surface area contributed by atoms with E-state index in [9.17, 15) is 19.8 Å². The fraction of sp³-hybridized carbons (Fsp3) is 0.409. The van der Waals surface area contributed by atoms with Crippen molar-refractivity contribution in [3.63, 3.8) is 0 Å². The number of carbonyl (C=O) groups excluding carboxylic acids is 2. The molecule has 0 atom stereocenters. The van der Waals surface area contributed by atoms with Crippen LogP contribution in [0.15, 0.2) is 72.3 Å². The molecule has 0 saturated carbocycles. The lowest BCUT2D eigenvalue weighted by atomic mass is 9.91. The highest BCUT2D eigenvalue weighted by molar-refractivity contribution is 6.31. The Bertz CT molecular complexity index is 1720. The Morgan fingerprint density at radius 3 is 1.92 bits per heavy atom. The molecule has 0 fully saturated rings. The fourth-order valence-electron chi connectivity index (χ4n) is 5.92. The number of ether oxygens (including phenoxy) is 2. The molecule has 0 aliphatic rings. The van der Waals surface area contributed by atoms with Crippen LogP contribution in [0.5, 0.6) is 23.0 Å². The molecular formula is C44H56O6. The molecule has 268 valence electrons. The van der Waals surface area contributed by atoms with Crippen molar-refractivity contribution in [3.8, 4) is 34.1 Å². The van der Waals surface area contributed by atoms with Crippen LogP contribution < -0.4 is 9.47 Å². The summed E-state index contributed by atoms with van der Waals surface area (Å²) in [5, 5.41) is 22.5. The Morgan fingerprint density at radius 2 is 1.34 bits per heavy atom. The zero-order valence-corrected chi connectivity index (χ0v) is 31.2. The lowest BCUT2D eigenvalue weighted by Crippen LogP contribution is -2.26. The van der Waals surface area contributed by atoms with E-state index in [-0.39, 0.29) is 23.0 Å². The van der Waals surface area contributed by atoms with E-state index in [1.807, 2.05) is 45.0 Å². The maximum atomic E-state index is 13.5. The second-order valence-electron chi connectivity index (χ2n) is 13.7. The first-order valence-electron chi connectivity index (χ1n) is 18.0. The predicted molar refractivity (Wildman–Crippen MR) is 205 cm³/mol. The molecule has 6 nitrogen and oxygen atoms in total. The number of hydrogen-bond acceptors (Lipinski definition) is 6. The van der Waals surface area contributed by atoms with Gasteiger partial charge in [0.2, 0.25) is 0 Å². The van der Waals surface area contributed by atoms with Crippen LogP contribution in [0.25, 0.3) is 16.7 Å². The number of phenols is 2. The number of hydrogen-bond donors (Lipinski definition) is 2. The number of phenolic OH excluding ortho intramolecular Hbond substituents is 2. The molecule has 0 aromatic heterocycles. The van der Waals surface area contributed by atoms with E-state index in [0.717, 1.165) is 84.8 Å². The van der Waals surface area contributed by atoms with Gasteiger partial charge in [-0.3, -0.25) is 0 Å². The topological polar surface area (TPSA) is 93.1 Å². The van der Waals surface area contributed by atoms with Crippen LogP contribution >= 0.6 is 0 Å². The van der Waals surface area contributed by atoms with E-state index in [4.69, 9.17) is 9.47 Å². The summed E-state index contributed by atoms with van der Waals surface area (Å²) in [7, 11) is 0. The lowest BCUT2D eigenvalue weighted by molar-refractivity contribution is -0.156. The number of benzene rings is 3. The fourth-order valence-corrected chi connectivity index (χ4v) is 5.92. The number of aryl methyl sites for hydroxylation is 3. The largest absolute Gasteiger partial charge is 0.508 e. The minimum atomic E-state index is -1.23. The average molecular weight is 681 g/mol. The Hall–Kier alpha value is -4.58. The highest BCUT2D eigenvalue weighted by atomic mass is 16.6. The first-order chi connectivity index (χ1) is 23.8. The maximum absolute atomic E-state index is 13.5. The van der Waals surface area contributed by atoms with Gasteiger partial charge in [0.1, 0.15) is 23.0 Å². The number of carbonyl (C=O) groups is 2. The number of esters is 2. The molecule has 0 bridgehead atoms. The van der Waals surface area contributed by atoms with E-state index >= 15 is 0 Å². The molecule has 0 spiro atoms. The molecule has 0 radical (unpaired) electrons. The SMILES string of the molecule is C=C(C)c1ccc(C)cc1-c1c(O)cc(CCCCC)cc1OC(=O)C(=O)Oc1cc(CCCCC)cc(O)c1C/C=C(\C)CCC=C(C)C. The van der Waals surface area contributed by atoms with Crippen molar-refractivity contribution in [1.82, 2.24) is 0 Å². The van der Waals surface area contributed by atoms with Gasteiger partial charge < -0.3 is 19.7 Å². The monoisotopic (exact) mass is 680 g/mol. The molecule has 3 aromatic rings. The highest BCUT2D eigenvalue weighted by Crippen LogP contribution is 2.43. The molecule has 3 aromatic carbocycles. The van der Waals surface area contributed by atoms with Crippen LogP contribution in [-0.2, 0) is 28.9 Å². The minimum Gasteiger partial charge on any atom is -0.508 e.